The number of nitrogens with two attached hydrogens (primary N) is 1. The number of benzene rings is 1. The van der Waals surface area contributed by atoms with Crippen LogP contribution in [0.3, 0.4) is 0 Å². The SMILES string of the molecule is NCC(c1ccccc1O)C1CC1. The maximum Gasteiger partial charge on any atom is 0.119 e. The minimum absolute atomic E-state index is 0.362. The molecule has 1 fully saturated rings. The molecule has 70 valence electrons. The minimum atomic E-state index is 0.362. The first-order valence-electron chi connectivity index (χ1n) is 4.81. The lowest BCUT2D eigenvalue weighted by Crippen LogP contribution is -2.14. The molecule has 1 saturated carbocycles. The van der Waals surface area contributed by atoms with E-state index in [9.17, 15) is 5.11 Å². The van der Waals surface area contributed by atoms with Crippen LogP contribution in [0, 0.1) is 5.92 Å². The quantitative estimate of drug-likeness (QED) is 0.740. The van der Waals surface area contributed by atoms with E-state index in [0.29, 0.717) is 24.1 Å². The molecule has 1 atom stereocenters. The van der Waals surface area contributed by atoms with Crippen molar-refractivity contribution in [2.24, 2.45) is 11.7 Å². The van der Waals surface area contributed by atoms with Crippen LogP contribution >= 0.6 is 0 Å². The summed E-state index contributed by atoms with van der Waals surface area (Å²) < 4.78 is 0. The van der Waals surface area contributed by atoms with E-state index in [0.717, 1.165) is 5.56 Å². The number of phenolic OH excluding ortho intramolecular Hbond substituents is 1. The number of aromatic hydroxyl groups is 1. The Balaban J connectivity index is 2.26. The number of hydrogen-bond donors (Lipinski definition) is 2. The third kappa shape index (κ3) is 1.68. The van der Waals surface area contributed by atoms with Gasteiger partial charge in [0.2, 0.25) is 0 Å². The van der Waals surface area contributed by atoms with Gasteiger partial charge in [0, 0.05) is 5.92 Å². The van der Waals surface area contributed by atoms with Crippen molar-refractivity contribution in [2.45, 2.75) is 18.8 Å². The van der Waals surface area contributed by atoms with Crippen molar-refractivity contribution < 1.29 is 5.11 Å². The first-order valence-corrected chi connectivity index (χ1v) is 4.81. The number of para-hydroxylation sites is 1. The van der Waals surface area contributed by atoms with Gasteiger partial charge in [0.15, 0.2) is 0 Å². The smallest absolute Gasteiger partial charge is 0.119 e. The second-order valence-electron chi connectivity index (χ2n) is 3.74. The molecular formula is C11H15NO. The van der Waals surface area contributed by atoms with Gasteiger partial charge in [-0.1, -0.05) is 18.2 Å². The number of phenols is 1. The van der Waals surface area contributed by atoms with Gasteiger partial charge in [0.25, 0.3) is 0 Å². The molecule has 0 aliphatic heterocycles. The molecule has 3 N–H and O–H groups in total. The monoisotopic (exact) mass is 177 g/mol. The van der Waals surface area contributed by atoms with Crippen molar-refractivity contribution in [2.75, 3.05) is 6.54 Å². The normalized spacial score (nSPS) is 18.5. The van der Waals surface area contributed by atoms with E-state index in [1.54, 1.807) is 6.07 Å². The van der Waals surface area contributed by atoms with Crippen molar-refractivity contribution in [3.63, 3.8) is 0 Å². The predicted molar refractivity (Wildman–Crippen MR) is 52.6 cm³/mol. The topological polar surface area (TPSA) is 46.2 Å². The summed E-state index contributed by atoms with van der Waals surface area (Å²) in [6, 6.07) is 7.52. The summed E-state index contributed by atoms with van der Waals surface area (Å²) in [6.45, 7) is 0.641. The summed E-state index contributed by atoms with van der Waals surface area (Å²) >= 11 is 0. The fourth-order valence-corrected chi connectivity index (χ4v) is 1.87. The third-order valence-corrected chi connectivity index (χ3v) is 2.78. The van der Waals surface area contributed by atoms with Crippen molar-refractivity contribution in [3.8, 4) is 5.75 Å². The molecule has 13 heavy (non-hydrogen) atoms. The molecule has 0 aromatic heterocycles. The van der Waals surface area contributed by atoms with Crippen molar-refractivity contribution in [3.05, 3.63) is 29.8 Å². The highest BCUT2D eigenvalue weighted by Gasteiger charge is 2.32. The minimum Gasteiger partial charge on any atom is -0.508 e. The van der Waals surface area contributed by atoms with Crippen LogP contribution in [-0.2, 0) is 0 Å². The molecule has 0 radical (unpaired) electrons. The summed E-state index contributed by atoms with van der Waals surface area (Å²) in [6.07, 6.45) is 2.52. The Hall–Kier alpha value is -1.02. The van der Waals surface area contributed by atoms with Gasteiger partial charge in [0.1, 0.15) is 5.75 Å². The van der Waals surface area contributed by atoms with E-state index in [2.05, 4.69) is 0 Å². The van der Waals surface area contributed by atoms with E-state index in [4.69, 9.17) is 5.73 Å². The summed E-state index contributed by atoms with van der Waals surface area (Å²) in [5, 5.41) is 9.63. The standard InChI is InChI=1S/C11H15NO/c12-7-10(8-5-6-8)9-3-1-2-4-11(9)13/h1-4,8,10,13H,5-7,12H2. The lowest BCUT2D eigenvalue weighted by Gasteiger charge is -2.15. The molecule has 0 saturated heterocycles. The molecule has 1 aromatic rings. The highest BCUT2D eigenvalue weighted by Crippen LogP contribution is 2.44. The maximum atomic E-state index is 9.63. The van der Waals surface area contributed by atoms with Crippen LogP contribution in [-0.4, -0.2) is 11.7 Å². The fraction of sp³-hybridized carbons (Fsp3) is 0.455. The Bertz CT molecular complexity index is 294. The van der Waals surface area contributed by atoms with Gasteiger partial charge < -0.3 is 10.8 Å². The molecule has 0 bridgehead atoms. The van der Waals surface area contributed by atoms with Gasteiger partial charge >= 0.3 is 0 Å². The molecule has 0 heterocycles. The van der Waals surface area contributed by atoms with Crippen LogP contribution in [0.4, 0.5) is 0 Å². The second kappa shape index (κ2) is 3.38. The van der Waals surface area contributed by atoms with Gasteiger partial charge in [0.05, 0.1) is 0 Å². The average molecular weight is 177 g/mol. The van der Waals surface area contributed by atoms with Crippen LogP contribution in [0.5, 0.6) is 5.75 Å². The highest BCUT2D eigenvalue weighted by molar-refractivity contribution is 5.36. The Morgan fingerprint density at radius 3 is 2.62 bits per heavy atom. The van der Waals surface area contributed by atoms with Crippen molar-refractivity contribution in [1.82, 2.24) is 0 Å². The number of hydrogen-bond acceptors (Lipinski definition) is 2. The lowest BCUT2D eigenvalue weighted by molar-refractivity contribution is 0.455. The Kier molecular flexibility index (Phi) is 2.23. The van der Waals surface area contributed by atoms with E-state index in [-0.39, 0.29) is 0 Å². The van der Waals surface area contributed by atoms with Crippen LogP contribution in [0.25, 0.3) is 0 Å². The number of rotatable bonds is 3. The van der Waals surface area contributed by atoms with Gasteiger partial charge in [-0.15, -0.1) is 0 Å². The largest absolute Gasteiger partial charge is 0.508 e. The molecule has 1 aliphatic carbocycles. The first-order chi connectivity index (χ1) is 6.33. The molecular weight excluding hydrogens is 162 g/mol. The first kappa shape index (κ1) is 8.57. The zero-order chi connectivity index (χ0) is 9.26. The summed E-state index contributed by atoms with van der Waals surface area (Å²) in [4.78, 5) is 0. The molecule has 2 nitrogen and oxygen atoms in total. The molecule has 0 amide bonds. The Morgan fingerprint density at radius 1 is 1.38 bits per heavy atom. The second-order valence-corrected chi connectivity index (χ2v) is 3.74. The zero-order valence-corrected chi connectivity index (χ0v) is 7.61. The van der Waals surface area contributed by atoms with E-state index >= 15 is 0 Å². The van der Waals surface area contributed by atoms with Crippen LogP contribution in [0.15, 0.2) is 24.3 Å². The Morgan fingerprint density at radius 2 is 2.08 bits per heavy atom. The van der Waals surface area contributed by atoms with Crippen LogP contribution in [0.2, 0.25) is 0 Å². The lowest BCUT2D eigenvalue weighted by atomic mass is 9.93. The van der Waals surface area contributed by atoms with Crippen molar-refractivity contribution >= 4 is 0 Å². The average Bonchev–Trinajstić information content (AvgIpc) is 2.93. The summed E-state index contributed by atoms with van der Waals surface area (Å²) in [5.74, 6) is 1.46. The highest BCUT2D eigenvalue weighted by atomic mass is 16.3. The van der Waals surface area contributed by atoms with E-state index in [1.807, 2.05) is 18.2 Å². The zero-order valence-electron chi connectivity index (χ0n) is 7.61. The fourth-order valence-electron chi connectivity index (χ4n) is 1.87. The molecule has 2 heteroatoms. The molecule has 1 aromatic carbocycles. The van der Waals surface area contributed by atoms with Gasteiger partial charge in [-0.25, -0.2) is 0 Å². The van der Waals surface area contributed by atoms with Crippen LogP contribution in [0.1, 0.15) is 24.3 Å². The molecule has 1 unspecified atom stereocenters. The molecule has 1 aliphatic rings. The van der Waals surface area contributed by atoms with E-state index in [1.165, 1.54) is 12.8 Å². The van der Waals surface area contributed by atoms with Gasteiger partial charge in [-0.3, -0.25) is 0 Å². The maximum absolute atomic E-state index is 9.63. The summed E-state index contributed by atoms with van der Waals surface area (Å²) in [5.41, 5.74) is 6.72. The van der Waals surface area contributed by atoms with E-state index < -0.39 is 0 Å². The Labute approximate surface area is 78.4 Å². The molecule has 0 spiro atoms. The van der Waals surface area contributed by atoms with Gasteiger partial charge in [-0.2, -0.15) is 0 Å². The predicted octanol–water partition coefficient (Wildman–Crippen LogP) is 1.84. The molecule has 2 rings (SSSR count). The van der Waals surface area contributed by atoms with Crippen molar-refractivity contribution in [1.29, 1.82) is 0 Å². The van der Waals surface area contributed by atoms with Gasteiger partial charge in [-0.05, 0) is 36.9 Å². The third-order valence-electron chi connectivity index (χ3n) is 2.78. The summed E-state index contributed by atoms with van der Waals surface area (Å²) in [7, 11) is 0. The van der Waals surface area contributed by atoms with Crippen LogP contribution < -0.4 is 5.73 Å².